The maximum absolute atomic E-state index is 10.8. The largest absolute Gasteiger partial charge is 0.372 e. The standard InChI is InChI=1S/C9H9N2O/c12-9-8(6-10-9)11-7-4-2-1-3-5-7/h1-5,8,11H,6H2. The van der Waals surface area contributed by atoms with Gasteiger partial charge in [0.25, 0.3) is 5.91 Å². The van der Waals surface area contributed by atoms with Crippen molar-refractivity contribution in [3.05, 3.63) is 30.3 Å². The Morgan fingerprint density at radius 1 is 1.33 bits per heavy atom. The van der Waals surface area contributed by atoms with Crippen LogP contribution in [0, 0.1) is 0 Å². The number of nitrogens with one attached hydrogen (secondary N) is 1. The molecule has 1 amide bonds. The highest BCUT2D eigenvalue weighted by Gasteiger charge is 2.29. The first-order chi connectivity index (χ1) is 5.86. The summed E-state index contributed by atoms with van der Waals surface area (Å²) in [5, 5.41) is 6.73. The van der Waals surface area contributed by atoms with Crippen molar-refractivity contribution in [1.29, 1.82) is 0 Å². The molecule has 1 aliphatic heterocycles. The van der Waals surface area contributed by atoms with E-state index in [9.17, 15) is 4.79 Å². The SMILES string of the molecule is O=C1[N]CC1Nc1ccccc1. The van der Waals surface area contributed by atoms with Gasteiger partial charge in [-0.1, -0.05) is 18.2 Å². The summed E-state index contributed by atoms with van der Waals surface area (Å²) in [6.45, 7) is 0.605. The van der Waals surface area contributed by atoms with Gasteiger partial charge in [0.15, 0.2) is 0 Å². The molecule has 0 aromatic heterocycles. The zero-order chi connectivity index (χ0) is 8.39. The van der Waals surface area contributed by atoms with Gasteiger partial charge in [-0.25, -0.2) is 5.32 Å². The highest BCUT2D eigenvalue weighted by molar-refractivity contribution is 5.90. The Morgan fingerprint density at radius 3 is 2.58 bits per heavy atom. The molecule has 1 unspecified atom stereocenters. The van der Waals surface area contributed by atoms with Gasteiger partial charge >= 0.3 is 0 Å². The van der Waals surface area contributed by atoms with Crippen LogP contribution in [0.3, 0.4) is 0 Å². The monoisotopic (exact) mass is 161 g/mol. The van der Waals surface area contributed by atoms with E-state index in [1.165, 1.54) is 0 Å². The van der Waals surface area contributed by atoms with E-state index in [1.807, 2.05) is 30.3 Å². The third-order valence-corrected chi connectivity index (χ3v) is 1.84. The summed E-state index contributed by atoms with van der Waals surface area (Å²) < 4.78 is 0. The van der Waals surface area contributed by atoms with Gasteiger partial charge in [0.1, 0.15) is 6.04 Å². The van der Waals surface area contributed by atoms with E-state index in [4.69, 9.17) is 0 Å². The summed E-state index contributed by atoms with van der Waals surface area (Å²) in [6, 6.07) is 9.59. The molecule has 1 aromatic rings. The van der Waals surface area contributed by atoms with Crippen LogP contribution in [-0.2, 0) is 4.79 Å². The van der Waals surface area contributed by atoms with E-state index in [-0.39, 0.29) is 11.9 Å². The summed E-state index contributed by atoms with van der Waals surface area (Å²) >= 11 is 0. The van der Waals surface area contributed by atoms with E-state index in [0.717, 1.165) is 5.69 Å². The molecule has 0 aliphatic carbocycles. The summed E-state index contributed by atoms with van der Waals surface area (Å²) in [4.78, 5) is 10.8. The molecule has 1 fully saturated rings. The van der Waals surface area contributed by atoms with E-state index in [2.05, 4.69) is 10.6 Å². The van der Waals surface area contributed by atoms with Crippen LogP contribution >= 0.6 is 0 Å². The minimum Gasteiger partial charge on any atom is -0.372 e. The number of β-lactam (4-membered cyclic amide) rings is 1. The molecular weight excluding hydrogens is 152 g/mol. The normalized spacial score (nSPS) is 21.0. The van der Waals surface area contributed by atoms with Crippen molar-refractivity contribution in [3.63, 3.8) is 0 Å². The Morgan fingerprint density at radius 2 is 2.08 bits per heavy atom. The topological polar surface area (TPSA) is 43.2 Å². The predicted molar refractivity (Wildman–Crippen MR) is 45.9 cm³/mol. The summed E-state index contributed by atoms with van der Waals surface area (Å²) in [6.07, 6.45) is 0. The van der Waals surface area contributed by atoms with Crippen LogP contribution in [0.15, 0.2) is 30.3 Å². The molecule has 1 saturated heterocycles. The molecule has 0 saturated carbocycles. The molecule has 1 radical (unpaired) electrons. The number of para-hydroxylation sites is 1. The highest BCUT2D eigenvalue weighted by Crippen LogP contribution is 2.10. The molecule has 1 aliphatic rings. The number of rotatable bonds is 2. The van der Waals surface area contributed by atoms with Gasteiger partial charge in [0.05, 0.1) is 6.54 Å². The van der Waals surface area contributed by atoms with Crippen molar-refractivity contribution in [1.82, 2.24) is 5.32 Å². The molecule has 1 atom stereocenters. The van der Waals surface area contributed by atoms with Crippen molar-refractivity contribution < 1.29 is 4.79 Å². The minimum absolute atomic E-state index is 0.0427. The fraction of sp³-hybridized carbons (Fsp3) is 0.222. The highest BCUT2D eigenvalue weighted by atomic mass is 16.2. The number of hydrogen-bond acceptors (Lipinski definition) is 2. The molecule has 61 valence electrons. The van der Waals surface area contributed by atoms with Gasteiger partial charge in [0, 0.05) is 5.69 Å². The lowest BCUT2D eigenvalue weighted by Gasteiger charge is -2.24. The lowest BCUT2D eigenvalue weighted by atomic mass is 10.1. The van der Waals surface area contributed by atoms with Crippen LogP contribution in [0.5, 0.6) is 0 Å². The molecule has 2 rings (SSSR count). The molecule has 3 nitrogen and oxygen atoms in total. The van der Waals surface area contributed by atoms with Crippen LogP contribution in [-0.4, -0.2) is 18.5 Å². The average Bonchev–Trinajstić information content (AvgIpc) is 2.14. The number of benzene rings is 1. The van der Waals surface area contributed by atoms with Crippen molar-refractivity contribution in [2.45, 2.75) is 6.04 Å². The third-order valence-electron chi connectivity index (χ3n) is 1.84. The Bertz CT molecular complexity index is 284. The van der Waals surface area contributed by atoms with Crippen molar-refractivity contribution in [2.75, 3.05) is 11.9 Å². The van der Waals surface area contributed by atoms with Gasteiger partial charge in [0.2, 0.25) is 0 Å². The molecule has 0 bridgehead atoms. The smallest absolute Gasteiger partial charge is 0.265 e. The van der Waals surface area contributed by atoms with E-state index >= 15 is 0 Å². The maximum Gasteiger partial charge on any atom is 0.265 e. The Hall–Kier alpha value is -1.51. The lowest BCUT2D eigenvalue weighted by Crippen LogP contribution is -2.52. The van der Waals surface area contributed by atoms with Crippen molar-refractivity contribution >= 4 is 11.6 Å². The quantitative estimate of drug-likeness (QED) is 0.646. The van der Waals surface area contributed by atoms with Gasteiger partial charge in [-0.3, -0.25) is 4.79 Å². The van der Waals surface area contributed by atoms with Gasteiger partial charge in [-0.2, -0.15) is 0 Å². The van der Waals surface area contributed by atoms with Crippen LogP contribution in [0.25, 0.3) is 0 Å². The van der Waals surface area contributed by atoms with Gasteiger partial charge in [-0.05, 0) is 12.1 Å². The Balaban J connectivity index is 2.00. The minimum atomic E-state index is -0.0904. The molecular formula is C9H9N2O. The van der Waals surface area contributed by atoms with Crippen LogP contribution in [0.4, 0.5) is 5.69 Å². The van der Waals surface area contributed by atoms with Gasteiger partial charge < -0.3 is 5.32 Å². The molecule has 1 N–H and O–H groups in total. The zero-order valence-electron chi connectivity index (χ0n) is 6.53. The molecule has 0 spiro atoms. The third kappa shape index (κ3) is 1.25. The van der Waals surface area contributed by atoms with Crippen LogP contribution in [0.2, 0.25) is 0 Å². The first-order valence-corrected chi connectivity index (χ1v) is 3.89. The van der Waals surface area contributed by atoms with E-state index in [1.54, 1.807) is 0 Å². The van der Waals surface area contributed by atoms with Crippen molar-refractivity contribution in [3.8, 4) is 0 Å². The second-order valence-corrected chi connectivity index (χ2v) is 2.74. The summed E-state index contributed by atoms with van der Waals surface area (Å²) in [7, 11) is 0. The summed E-state index contributed by atoms with van der Waals surface area (Å²) in [5.74, 6) is -0.0427. The predicted octanol–water partition coefficient (Wildman–Crippen LogP) is 0.612. The number of nitrogens with zero attached hydrogens (tertiary/aromatic N) is 1. The number of carbonyl (C=O) groups excluding carboxylic acids is 1. The number of hydrogen-bond donors (Lipinski definition) is 1. The molecule has 12 heavy (non-hydrogen) atoms. The van der Waals surface area contributed by atoms with Crippen LogP contribution in [0.1, 0.15) is 0 Å². The Kier molecular flexibility index (Phi) is 1.70. The van der Waals surface area contributed by atoms with Crippen LogP contribution < -0.4 is 10.6 Å². The number of anilines is 1. The fourth-order valence-electron chi connectivity index (χ4n) is 1.10. The molecule has 3 heteroatoms. The number of amides is 1. The maximum atomic E-state index is 10.8. The molecule has 1 aromatic carbocycles. The van der Waals surface area contributed by atoms with E-state index < -0.39 is 0 Å². The second-order valence-electron chi connectivity index (χ2n) is 2.74. The lowest BCUT2D eigenvalue weighted by molar-refractivity contribution is -0.126. The average molecular weight is 161 g/mol. The van der Waals surface area contributed by atoms with E-state index in [0.29, 0.717) is 6.54 Å². The fourth-order valence-corrected chi connectivity index (χ4v) is 1.10. The van der Waals surface area contributed by atoms with Crippen molar-refractivity contribution in [2.24, 2.45) is 0 Å². The number of carbonyl (C=O) groups is 1. The zero-order valence-corrected chi connectivity index (χ0v) is 6.53. The first-order valence-electron chi connectivity index (χ1n) is 3.89. The van der Waals surface area contributed by atoms with Gasteiger partial charge in [-0.15, -0.1) is 0 Å². The Labute approximate surface area is 70.8 Å². The summed E-state index contributed by atoms with van der Waals surface area (Å²) in [5.41, 5.74) is 0.978. The second kappa shape index (κ2) is 2.85. The molecule has 1 heterocycles. The first kappa shape index (κ1) is 7.16.